The van der Waals surface area contributed by atoms with Crippen LogP contribution in [0.15, 0.2) is 47.4 Å². The fourth-order valence-electron chi connectivity index (χ4n) is 3.55. The number of halogens is 1. The van der Waals surface area contributed by atoms with E-state index in [1.807, 2.05) is 13.8 Å². The first-order chi connectivity index (χ1) is 15.3. The van der Waals surface area contributed by atoms with Crippen LogP contribution in [0.3, 0.4) is 0 Å². The van der Waals surface area contributed by atoms with Crippen LogP contribution in [0.25, 0.3) is 0 Å². The highest BCUT2D eigenvalue weighted by Gasteiger charge is 2.25. The molecule has 0 aliphatic carbocycles. The standard InChI is InChI=1S/C23H30FN3O4S/c1-3-14-31-22-9-8-21(15-17(22)2)32(29,30)25-16-18-10-12-27(13-11-18)23(28)26-20-6-4-19(24)5-7-20/h4-9,15,18,25H,3,10-14,16H2,1-2H3,(H,26,28). The van der Waals surface area contributed by atoms with E-state index < -0.39 is 10.0 Å². The summed E-state index contributed by atoms with van der Waals surface area (Å²) in [6.45, 7) is 5.82. The largest absolute Gasteiger partial charge is 0.493 e. The van der Waals surface area contributed by atoms with Crippen LogP contribution in [0.2, 0.25) is 0 Å². The SMILES string of the molecule is CCCOc1ccc(S(=O)(=O)NCC2CCN(C(=O)Nc3ccc(F)cc3)CC2)cc1C. The number of rotatable bonds is 8. The van der Waals surface area contributed by atoms with Gasteiger partial charge in [0.2, 0.25) is 10.0 Å². The zero-order valence-electron chi connectivity index (χ0n) is 18.4. The van der Waals surface area contributed by atoms with E-state index in [9.17, 15) is 17.6 Å². The van der Waals surface area contributed by atoms with E-state index in [1.54, 1.807) is 23.1 Å². The van der Waals surface area contributed by atoms with Crippen molar-refractivity contribution >= 4 is 21.7 Å². The number of urea groups is 1. The van der Waals surface area contributed by atoms with Crippen LogP contribution in [0.5, 0.6) is 5.75 Å². The monoisotopic (exact) mass is 463 g/mol. The van der Waals surface area contributed by atoms with Crippen molar-refractivity contribution in [2.45, 2.75) is 38.0 Å². The molecule has 0 radical (unpaired) electrons. The number of benzene rings is 2. The molecule has 1 saturated heterocycles. The molecule has 0 spiro atoms. The topological polar surface area (TPSA) is 87.7 Å². The first-order valence-corrected chi connectivity index (χ1v) is 12.3. The van der Waals surface area contributed by atoms with Gasteiger partial charge in [0.1, 0.15) is 11.6 Å². The minimum absolute atomic E-state index is 0.146. The summed E-state index contributed by atoms with van der Waals surface area (Å²) in [5.41, 5.74) is 1.31. The molecule has 0 unspecified atom stereocenters. The zero-order valence-corrected chi connectivity index (χ0v) is 19.3. The summed E-state index contributed by atoms with van der Waals surface area (Å²) in [7, 11) is -3.62. The van der Waals surface area contributed by atoms with Crippen molar-refractivity contribution in [1.82, 2.24) is 9.62 Å². The molecular formula is C23H30FN3O4S. The Morgan fingerprint density at radius 3 is 2.47 bits per heavy atom. The van der Waals surface area contributed by atoms with Crippen LogP contribution in [0, 0.1) is 18.7 Å². The lowest BCUT2D eigenvalue weighted by molar-refractivity contribution is 0.183. The number of piperidine rings is 1. The quantitative estimate of drug-likeness (QED) is 0.616. The molecule has 2 N–H and O–H groups in total. The second-order valence-corrected chi connectivity index (χ2v) is 9.76. The van der Waals surface area contributed by atoms with Crippen LogP contribution < -0.4 is 14.8 Å². The molecule has 1 aliphatic rings. The summed E-state index contributed by atoms with van der Waals surface area (Å²) >= 11 is 0. The highest BCUT2D eigenvalue weighted by Crippen LogP contribution is 2.23. The number of nitrogens with one attached hydrogen (secondary N) is 2. The van der Waals surface area contributed by atoms with Gasteiger partial charge in [-0.05, 0) is 80.1 Å². The number of amides is 2. The molecule has 1 fully saturated rings. The van der Waals surface area contributed by atoms with Gasteiger partial charge in [0.15, 0.2) is 0 Å². The van der Waals surface area contributed by atoms with Crippen molar-refractivity contribution in [3.8, 4) is 5.75 Å². The second kappa shape index (κ2) is 10.8. The number of sulfonamides is 1. The molecule has 2 aromatic rings. The molecule has 1 heterocycles. The van der Waals surface area contributed by atoms with Crippen LogP contribution in [-0.4, -0.2) is 45.6 Å². The maximum absolute atomic E-state index is 13.0. The van der Waals surface area contributed by atoms with Gasteiger partial charge in [-0.25, -0.2) is 22.3 Å². The number of carbonyl (C=O) groups is 1. The molecule has 3 rings (SSSR count). The third-order valence-electron chi connectivity index (χ3n) is 5.48. The summed E-state index contributed by atoms with van der Waals surface area (Å²) in [6, 6.07) is 10.2. The van der Waals surface area contributed by atoms with E-state index in [-0.39, 0.29) is 22.7 Å². The average molecular weight is 464 g/mol. The van der Waals surface area contributed by atoms with Crippen LogP contribution in [0.1, 0.15) is 31.7 Å². The van der Waals surface area contributed by atoms with Gasteiger partial charge < -0.3 is 15.0 Å². The van der Waals surface area contributed by atoms with Gasteiger partial charge in [-0.1, -0.05) is 6.92 Å². The fourth-order valence-corrected chi connectivity index (χ4v) is 4.75. The molecule has 0 saturated carbocycles. The summed E-state index contributed by atoms with van der Waals surface area (Å²) in [5, 5.41) is 2.75. The van der Waals surface area contributed by atoms with Gasteiger partial charge in [0.05, 0.1) is 11.5 Å². The molecule has 7 nitrogen and oxygen atoms in total. The van der Waals surface area contributed by atoms with Crippen LogP contribution in [-0.2, 0) is 10.0 Å². The Hall–Kier alpha value is -2.65. The van der Waals surface area contributed by atoms with Gasteiger partial charge >= 0.3 is 6.03 Å². The molecule has 9 heteroatoms. The summed E-state index contributed by atoms with van der Waals surface area (Å²) < 4.78 is 46.7. The highest BCUT2D eigenvalue weighted by molar-refractivity contribution is 7.89. The lowest BCUT2D eigenvalue weighted by Gasteiger charge is -2.32. The lowest BCUT2D eigenvalue weighted by Crippen LogP contribution is -2.43. The van der Waals surface area contributed by atoms with Crippen LogP contribution in [0.4, 0.5) is 14.9 Å². The third kappa shape index (κ3) is 6.43. The Kier molecular flexibility index (Phi) is 8.09. The smallest absolute Gasteiger partial charge is 0.321 e. The number of carbonyl (C=O) groups excluding carboxylic acids is 1. The molecule has 174 valence electrons. The van der Waals surface area contributed by atoms with E-state index >= 15 is 0 Å². The summed E-state index contributed by atoms with van der Waals surface area (Å²) in [4.78, 5) is 14.3. The Morgan fingerprint density at radius 2 is 1.84 bits per heavy atom. The van der Waals surface area contributed by atoms with Crippen molar-refractivity contribution in [3.05, 3.63) is 53.8 Å². The summed E-state index contributed by atoms with van der Waals surface area (Å²) in [5.74, 6) is 0.479. The number of hydrogen-bond acceptors (Lipinski definition) is 4. The second-order valence-electron chi connectivity index (χ2n) is 8.00. The highest BCUT2D eigenvalue weighted by atomic mass is 32.2. The number of likely N-dealkylation sites (tertiary alicyclic amines) is 1. The number of hydrogen-bond donors (Lipinski definition) is 2. The first kappa shape index (κ1) is 24.0. The molecule has 32 heavy (non-hydrogen) atoms. The zero-order chi connectivity index (χ0) is 23.1. The van der Waals surface area contributed by atoms with Crippen molar-refractivity contribution < 1.29 is 22.3 Å². The Balaban J connectivity index is 1.48. The number of nitrogens with zero attached hydrogens (tertiary/aromatic N) is 1. The van der Waals surface area contributed by atoms with Gasteiger partial charge in [0.25, 0.3) is 0 Å². The van der Waals surface area contributed by atoms with E-state index in [4.69, 9.17) is 4.74 Å². The van der Waals surface area contributed by atoms with E-state index in [2.05, 4.69) is 10.0 Å². The Labute approximate surface area is 189 Å². The molecule has 1 aliphatic heterocycles. The van der Waals surface area contributed by atoms with Crippen molar-refractivity contribution in [2.75, 3.05) is 31.6 Å². The Morgan fingerprint density at radius 1 is 1.16 bits per heavy atom. The molecule has 0 bridgehead atoms. The van der Waals surface area contributed by atoms with Crippen molar-refractivity contribution in [3.63, 3.8) is 0 Å². The number of anilines is 1. The van der Waals surface area contributed by atoms with Crippen molar-refractivity contribution in [2.24, 2.45) is 5.92 Å². The van der Waals surface area contributed by atoms with E-state index in [0.29, 0.717) is 50.5 Å². The minimum atomic E-state index is -3.62. The maximum Gasteiger partial charge on any atom is 0.321 e. The molecule has 2 amide bonds. The maximum atomic E-state index is 13.0. The van der Waals surface area contributed by atoms with E-state index in [1.165, 1.54) is 24.3 Å². The average Bonchev–Trinajstić information content (AvgIpc) is 2.78. The third-order valence-corrected chi connectivity index (χ3v) is 6.90. The molecular weight excluding hydrogens is 433 g/mol. The van der Waals surface area contributed by atoms with Gasteiger partial charge in [-0.2, -0.15) is 0 Å². The lowest BCUT2D eigenvalue weighted by atomic mass is 9.97. The normalized spacial score (nSPS) is 14.9. The fraction of sp³-hybridized carbons (Fsp3) is 0.435. The van der Waals surface area contributed by atoms with E-state index in [0.717, 1.165) is 12.0 Å². The first-order valence-electron chi connectivity index (χ1n) is 10.8. The summed E-state index contributed by atoms with van der Waals surface area (Å²) in [6.07, 6.45) is 2.28. The predicted molar refractivity (Wildman–Crippen MR) is 122 cm³/mol. The van der Waals surface area contributed by atoms with Gasteiger partial charge in [-0.3, -0.25) is 0 Å². The number of aryl methyl sites for hydroxylation is 1. The van der Waals surface area contributed by atoms with Crippen molar-refractivity contribution in [1.29, 1.82) is 0 Å². The molecule has 0 aromatic heterocycles. The van der Waals surface area contributed by atoms with Gasteiger partial charge in [0, 0.05) is 25.3 Å². The predicted octanol–water partition coefficient (Wildman–Crippen LogP) is 4.15. The molecule has 0 atom stereocenters. The molecule has 2 aromatic carbocycles. The van der Waals surface area contributed by atoms with Gasteiger partial charge in [-0.15, -0.1) is 0 Å². The number of ether oxygens (including phenoxy) is 1. The minimum Gasteiger partial charge on any atom is -0.493 e. The van der Waals surface area contributed by atoms with Crippen LogP contribution >= 0.6 is 0 Å². The Bertz CT molecular complexity index is 1020.